The normalized spacial score (nSPS) is 11.1. The first kappa shape index (κ1) is 18.8. The lowest BCUT2D eigenvalue weighted by Gasteiger charge is -2.05. The van der Waals surface area contributed by atoms with E-state index in [0.29, 0.717) is 17.3 Å². The van der Waals surface area contributed by atoms with Crippen molar-refractivity contribution in [3.63, 3.8) is 0 Å². The molecule has 2 aromatic rings. The number of halogens is 3. The van der Waals surface area contributed by atoms with Crippen LogP contribution in [0.2, 0.25) is 5.02 Å². The van der Waals surface area contributed by atoms with Crippen LogP contribution in [0.5, 0.6) is 0 Å². The van der Waals surface area contributed by atoms with Crippen molar-refractivity contribution >= 4 is 23.2 Å². The van der Waals surface area contributed by atoms with E-state index >= 15 is 0 Å². The Morgan fingerprint density at radius 1 is 1.48 bits per heavy atom. The van der Waals surface area contributed by atoms with Gasteiger partial charge < -0.3 is 5.32 Å². The maximum absolute atomic E-state index is 12.9. The van der Waals surface area contributed by atoms with Gasteiger partial charge in [0.2, 0.25) is 11.6 Å². The SMILES string of the molecule is CCn1cc(Cl)c(CNC(=O)Cn2nc(C(F)F)c([N+](=O)[O-])c2C)n1. The molecule has 2 heterocycles. The number of nitrogens with zero attached hydrogens (tertiary/aromatic N) is 5. The standard InChI is InChI=1S/C13H15ClF2N6O3/c1-3-20-5-8(14)9(18-20)4-17-10(23)6-21-7(2)12(22(24)25)11(19-21)13(15)16/h5,13H,3-4,6H2,1-2H3,(H,17,23). The number of carbonyl (C=O) groups is 1. The van der Waals surface area contributed by atoms with Gasteiger partial charge in [0.1, 0.15) is 17.9 Å². The quantitative estimate of drug-likeness (QED) is 0.588. The average Bonchev–Trinajstić information content (AvgIpc) is 3.06. The van der Waals surface area contributed by atoms with Crippen LogP contribution in [0.25, 0.3) is 0 Å². The molecule has 2 rings (SSSR count). The van der Waals surface area contributed by atoms with Crippen molar-refractivity contribution < 1.29 is 18.5 Å². The van der Waals surface area contributed by atoms with Gasteiger partial charge in [0.05, 0.1) is 16.5 Å². The van der Waals surface area contributed by atoms with Crippen LogP contribution in [0.1, 0.15) is 30.4 Å². The molecule has 0 fully saturated rings. The van der Waals surface area contributed by atoms with E-state index in [4.69, 9.17) is 11.6 Å². The van der Waals surface area contributed by atoms with Gasteiger partial charge in [-0.1, -0.05) is 11.6 Å². The second-order valence-corrected chi connectivity index (χ2v) is 5.50. The number of nitrogens with one attached hydrogen (secondary N) is 1. The van der Waals surface area contributed by atoms with Gasteiger partial charge in [-0.25, -0.2) is 8.78 Å². The second kappa shape index (κ2) is 7.55. The van der Waals surface area contributed by atoms with E-state index in [1.807, 2.05) is 6.92 Å². The average molecular weight is 377 g/mol. The van der Waals surface area contributed by atoms with Crippen LogP contribution in [0.15, 0.2) is 6.20 Å². The predicted octanol–water partition coefficient (Wildman–Crippen LogP) is 2.22. The highest BCUT2D eigenvalue weighted by Crippen LogP contribution is 2.30. The van der Waals surface area contributed by atoms with E-state index in [0.717, 1.165) is 4.68 Å². The third kappa shape index (κ3) is 4.10. The molecule has 0 aliphatic heterocycles. The van der Waals surface area contributed by atoms with E-state index < -0.39 is 35.2 Å². The first-order valence-electron chi connectivity index (χ1n) is 7.22. The molecule has 0 radical (unpaired) electrons. The van der Waals surface area contributed by atoms with Crippen molar-refractivity contribution in [1.29, 1.82) is 0 Å². The number of amides is 1. The maximum Gasteiger partial charge on any atom is 0.319 e. The largest absolute Gasteiger partial charge is 0.349 e. The fraction of sp³-hybridized carbons (Fsp3) is 0.462. The first-order valence-corrected chi connectivity index (χ1v) is 7.60. The van der Waals surface area contributed by atoms with Crippen molar-refractivity contribution in [2.75, 3.05) is 0 Å². The number of carbonyl (C=O) groups excluding carboxylic acids is 1. The predicted molar refractivity (Wildman–Crippen MR) is 83.3 cm³/mol. The molecule has 0 aromatic carbocycles. The lowest BCUT2D eigenvalue weighted by molar-refractivity contribution is -0.386. The molecule has 12 heteroatoms. The van der Waals surface area contributed by atoms with Crippen LogP contribution in [0, 0.1) is 17.0 Å². The zero-order valence-corrected chi connectivity index (χ0v) is 14.1. The highest BCUT2D eigenvalue weighted by atomic mass is 35.5. The van der Waals surface area contributed by atoms with Gasteiger partial charge in [0.25, 0.3) is 6.43 Å². The number of nitro groups is 1. The Balaban J connectivity index is 2.09. The Morgan fingerprint density at radius 3 is 2.64 bits per heavy atom. The van der Waals surface area contributed by atoms with E-state index in [1.54, 1.807) is 10.9 Å². The molecule has 1 N–H and O–H groups in total. The number of aromatic nitrogens is 4. The fourth-order valence-electron chi connectivity index (χ4n) is 2.18. The van der Waals surface area contributed by atoms with Crippen molar-refractivity contribution in [3.05, 3.63) is 38.4 Å². The molecule has 136 valence electrons. The van der Waals surface area contributed by atoms with Gasteiger partial charge >= 0.3 is 5.69 Å². The highest BCUT2D eigenvalue weighted by molar-refractivity contribution is 6.31. The molecule has 0 aliphatic carbocycles. The lowest BCUT2D eigenvalue weighted by atomic mass is 10.3. The molecule has 0 atom stereocenters. The van der Waals surface area contributed by atoms with Gasteiger partial charge in [-0.2, -0.15) is 10.2 Å². The van der Waals surface area contributed by atoms with Crippen molar-refractivity contribution in [3.8, 4) is 0 Å². The highest BCUT2D eigenvalue weighted by Gasteiger charge is 2.31. The molecule has 0 saturated carbocycles. The Bertz CT molecular complexity index is 804. The Labute approximate surface area is 145 Å². The monoisotopic (exact) mass is 376 g/mol. The Hall–Kier alpha value is -2.56. The van der Waals surface area contributed by atoms with Gasteiger partial charge in [0, 0.05) is 12.7 Å². The fourth-order valence-corrected chi connectivity index (χ4v) is 2.40. The maximum atomic E-state index is 12.9. The number of hydrogen-bond acceptors (Lipinski definition) is 5. The number of rotatable bonds is 7. The van der Waals surface area contributed by atoms with E-state index in [-0.39, 0.29) is 12.2 Å². The van der Waals surface area contributed by atoms with E-state index in [2.05, 4.69) is 15.5 Å². The summed E-state index contributed by atoms with van der Waals surface area (Å²) in [6, 6.07) is 0. The van der Waals surface area contributed by atoms with Crippen LogP contribution in [0.3, 0.4) is 0 Å². The topological polar surface area (TPSA) is 108 Å². The van der Waals surface area contributed by atoms with E-state index in [1.165, 1.54) is 6.92 Å². The van der Waals surface area contributed by atoms with Crippen LogP contribution in [0.4, 0.5) is 14.5 Å². The lowest BCUT2D eigenvalue weighted by Crippen LogP contribution is -2.28. The van der Waals surface area contributed by atoms with Crippen LogP contribution in [-0.2, 0) is 24.4 Å². The Morgan fingerprint density at radius 2 is 2.16 bits per heavy atom. The van der Waals surface area contributed by atoms with Gasteiger partial charge in [0.15, 0.2) is 0 Å². The molecule has 0 bridgehead atoms. The molecule has 0 spiro atoms. The summed E-state index contributed by atoms with van der Waals surface area (Å²) in [5.41, 5.74) is -1.41. The van der Waals surface area contributed by atoms with Gasteiger partial charge in [-0.05, 0) is 13.8 Å². The molecule has 0 aliphatic rings. The van der Waals surface area contributed by atoms with Crippen LogP contribution < -0.4 is 5.32 Å². The zero-order valence-electron chi connectivity index (χ0n) is 13.4. The minimum absolute atomic E-state index is 0.0365. The summed E-state index contributed by atoms with van der Waals surface area (Å²) in [6.07, 6.45) is -1.50. The van der Waals surface area contributed by atoms with Crippen molar-refractivity contribution in [2.24, 2.45) is 0 Å². The molecule has 1 amide bonds. The third-order valence-corrected chi connectivity index (χ3v) is 3.76. The van der Waals surface area contributed by atoms with Crippen LogP contribution in [-0.4, -0.2) is 30.4 Å². The summed E-state index contributed by atoms with van der Waals surface area (Å²) in [6.45, 7) is 3.34. The molecular weight excluding hydrogens is 362 g/mol. The molecular formula is C13H15ClF2N6O3. The van der Waals surface area contributed by atoms with Crippen molar-refractivity contribution in [1.82, 2.24) is 24.9 Å². The van der Waals surface area contributed by atoms with E-state index in [9.17, 15) is 23.7 Å². The first-order chi connectivity index (χ1) is 11.7. The summed E-state index contributed by atoms with van der Waals surface area (Å²) in [7, 11) is 0. The number of alkyl halides is 2. The van der Waals surface area contributed by atoms with Crippen LogP contribution >= 0.6 is 11.6 Å². The summed E-state index contributed by atoms with van der Waals surface area (Å²) in [4.78, 5) is 22.0. The summed E-state index contributed by atoms with van der Waals surface area (Å²) < 4.78 is 28.2. The van der Waals surface area contributed by atoms with Crippen molar-refractivity contribution in [2.45, 2.75) is 39.9 Å². The number of aryl methyl sites for hydroxylation is 1. The minimum atomic E-state index is -3.11. The molecule has 0 unspecified atom stereocenters. The smallest absolute Gasteiger partial charge is 0.319 e. The summed E-state index contributed by atoms with van der Waals surface area (Å²) in [5, 5.41) is 21.5. The summed E-state index contributed by atoms with van der Waals surface area (Å²) in [5.74, 6) is -0.566. The Kier molecular flexibility index (Phi) is 5.67. The van der Waals surface area contributed by atoms with Gasteiger partial charge in [-0.3, -0.25) is 24.3 Å². The minimum Gasteiger partial charge on any atom is -0.349 e. The number of hydrogen-bond donors (Lipinski definition) is 1. The van der Waals surface area contributed by atoms with Gasteiger partial charge in [-0.15, -0.1) is 0 Å². The molecule has 0 saturated heterocycles. The third-order valence-electron chi connectivity index (χ3n) is 3.45. The second-order valence-electron chi connectivity index (χ2n) is 5.09. The molecule has 25 heavy (non-hydrogen) atoms. The molecule has 9 nitrogen and oxygen atoms in total. The zero-order chi connectivity index (χ0) is 18.7. The summed E-state index contributed by atoms with van der Waals surface area (Å²) >= 11 is 5.98. The molecule has 2 aromatic heterocycles.